The SMILES string of the molecule is O=C(N1CCc2oncc2C1)C1(c2cccs2)CCCC1. The first-order valence-corrected chi connectivity index (χ1v) is 8.43. The molecule has 21 heavy (non-hydrogen) atoms. The van der Waals surface area contributed by atoms with Crippen LogP contribution in [0.1, 0.15) is 41.9 Å². The largest absolute Gasteiger partial charge is 0.361 e. The van der Waals surface area contributed by atoms with E-state index in [0.717, 1.165) is 50.0 Å². The molecule has 5 heteroatoms. The van der Waals surface area contributed by atoms with Gasteiger partial charge < -0.3 is 9.42 Å². The molecule has 0 N–H and O–H groups in total. The van der Waals surface area contributed by atoms with Crippen LogP contribution in [-0.4, -0.2) is 22.5 Å². The molecule has 1 amide bonds. The minimum absolute atomic E-state index is 0.275. The third-order valence-corrected chi connectivity index (χ3v) is 5.92. The first kappa shape index (κ1) is 13.1. The zero-order valence-electron chi connectivity index (χ0n) is 11.9. The van der Waals surface area contributed by atoms with E-state index in [0.29, 0.717) is 12.5 Å². The Hall–Kier alpha value is -1.62. The summed E-state index contributed by atoms with van der Waals surface area (Å²) in [6.07, 6.45) is 6.80. The fraction of sp³-hybridized carbons (Fsp3) is 0.500. The van der Waals surface area contributed by atoms with Gasteiger partial charge in [-0.15, -0.1) is 11.3 Å². The minimum atomic E-state index is -0.275. The van der Waals surface area contributed by atoms with E-state index in [9.17, 15) is 4.79 Å². The molecule has 0 unspecified atom stereocenters. The normalized spacial score (nSPS) is 20.5. The summed E-state index contributed by atoms with van der Waals surface area (Å²) in [7, 11) is 0. The summed E-state index contributed by atoms with van der Waals surface area (Å²) in [6, 6.07) is 4.18. The molecule has 1 saturated carbocycles. The summed E-state index contributed by atoms with van der Waals surface area (Å²) in [5, 5.41) is 5.93. The van der Waals surface area contributed by atoms with E-state index < -0.39 is 0 Å². The summed E-state index contributed by atoms with van der Waals surface area (Å²) in [5.41, 5.74) is 0.789. The smallest absolute Gasteiger partial charge is 0.234 e. The van der Waals surface area contributed by atoms with Gasteiger partial charge in [-0.05, 0) is 24.3 Å². The van der Waals surface area contributed by atoms with E-state index in [1.165, 1.54) is 4.88 Å². The quantitative estimate of drug-likeness (QED) is 0.856. The summed E-state index contributed by atoms with van der Waals surface area (Å²) in [4.78, 5) is 16.5. The van der Waals surface area contributed by atoms with Crippen LogP contribution in [0.2, 0.25) is 0 Å². The standard InChI is InChI=1S/C16H18N2O2S/c19-15(18-8-5-13-12(11-18)10-17-20-13)16(6-1-2-7-16)14-4-3-9-21-14/h3-4,9-10H,1-2,5-8,11H2. The highest BCUT2D eigenvalue weighted by atomic mass is 32.1. The maximum Gasteiger partial charge on any atom is 0.234 e. The van der Waals surface area contributed by atoms with Gasteiger partial charge in [0.05, 0.1) is 18.2 Å². The monoisotopic (exact) mass is 302 g/mol. The van der Waals surface area contributed by atoms with Crippen LogP contribution < -0.4 is 0 Å². The van der Waals surface area contributed by atoms with Gasteiger partial charge in [-0.2, -0.15) is 0 Å². The van der Waals surface area contributed by atoms with Crippen molar-refractivity contribution < 1.29 is 9.32 Å². The highest BCUT2D eigenvalue weighted by molar-refractivity contribution is 7.10. The molecule has 3 heterocycles. The van der Waals surface area contributed by atoms with E-state index >= 15 is 0 Å². The Morgan fingerprint density at radius 3 is 3.00 bits per heavy atom. The lowest BCUT2D eigenvalue weighted by Gasteiger charge is -2.35. The Morgan fingerprint density at radius 2 is 2.24 bits per heavy atom. The van der Waals surface area contributed by atoms with Gasteiger partial charge in [-0.3, -0.25) is 4.79 Å². The van der Waals surface area contributed by atoms with E-state index in [-0.39, 0.29) is 5.41 Å². The van der Waals surface area contributed by atoms with Crippen LogP contribution in [0.3, 0.4) is 0 Å². The molecule has 1 aliphatic carbocycles. The third-order valence-electron chi connectivity index (χ3n) is 4.85. The highest BCUT2D eigenvalue weighted by Gasteiger charge is 2.46. The van der Waals surface area contributed by atoms with Crippen LogP contribution in [0, 0.1) is 0 Å². The fourth-order valence-electron chi connectivity index (χ4n) is 3.71. The van der Waals surface area contributed by atoms with Crippen LogP contribution in [0.25, 0.3) is 0 Å². The lowest BCUT2D eigenvalue weighted by atomic mass is 9.82. The Kier molecular flexibility index (Phi) is 3.10. The van der Waals surface area contributed by atoms with Crippen LogP contribution in [0.4, 0.5) is 0 Å². The first-order chi connectivity index (χ1) is 10.3. The molecule has 2 aromatic rings. The van der Waals surface area contributed by atoms with Crippen molar-refractivity contribution in [1.29, 1.82) is 0 Å². The Balaban J connectivity index is 1.64. The predicted molar refractivity (Wildman–Crippen MR) is 80.1 cm³/mol. The van der Waals surface area contributed by atoms with E-state index in [4.69, 9.17) is 4.52 Å². The second kappa shape index (κ2) is 4.98. The maximum atomic E-state index is 13.2. The molecule has 1 aliphatic heterocycles. The predicted octanol–water partition coefficient (Wildman–Crippen LogP) is 3.13. The van der Waals surface area contributed by atoms with Gasteiger partial charge in [0, 0.05) is 23.4 Å². The molecular weight excluding hydrogens is 284 g/mol. The summed E-state index contributed by atoms with van der Waals surface area (Å²) in [5.74, 6) is 1.24. The zero-order chi connectivity index (χ0) is 14.3. The van der Waals surface area contributed by atoms with E-state index in [2.05, 4.69) is 22.7 Å². The Labute approximate surface area is 127 Å². The van der Waals surface area contributed by atoms with Gasteiger partial charge in [-0.25, -0.2) is 0 Å². The molecule has 4 rings (SSSR count). The molecule has 0 radical (unpaired) electrons. The summed E-state index contributed by atoms with van der Waals surface area (Å²) in [6.45, 7) is 1.39. The van der Waals surface area contributed by atoms with Crippen LogP contribution in [-0.2, 0) is 23.2 Å². The summed E-state index contributed by atoms with van der Waals surface area (Å²) >= 11 is 1.72. The average molecular weight is 302 g/mol. The van der Waals surface area contributed by atoms with Crippen LogP contribution >= 0.6 is 11.3 Å². The molecule has 110 valence electrons. The van der Waals surface area contributed by atoms with Crippen LogP contribution in [0.15, 0.2) is 28.2 Å². The number of nitrogens with zero attached hydrogens (tertiary/aromatic N) is 2. The van der Waals surface area contributed by atoms with Crippen molar-refractivity contribution in [2.45, 2.75) is 44.1 Å². The molecule has 0 saturated heterocycles. The molecule has 2 aromatic heterocycles. The first-order valence-electron chi connectivity index (χ1n) is 7.55. The van der Waals surface area contributed by atoms with E-state index in [1.807, 2.05) is 4.90 Å². The number of amides is 1. The van der Waals surface area contributed by atoms with Gasteiger partial charge in [0.15, 0.2) is 0 Å². The van der Waals surface area contributed by atoms with Gasteiger partial charge in [-0.1, -0.05) is 24.1 Å². The number of rotatable bonds is 2. The zero-order valence-corrected chi connectivity index (χ0v) is 12.7. The van der Waals surface area contributed by atoms with Crippen molar-refractivity contribution in [3.8, 4) is 0 Å². The van der Waals surface area contributed by atoms with Gasteiger partial charge in [0.1, 0.15) is 5.76 Å². The molecule has 0 atom stereocenters. The maximum absolute atomic E-state index is 13.2. The lowest BCUT2D eigenvalue weighted by Crippen LogP contribution is -2.46. The lowest BCUT2D eigenvalue weighted by molar-refractivity contribution is -0.138. The number of carbonyl (C=O) groups excluding carboxylic acids is 1. The fourth-order valence-corrected chi connectivity index (χ4v) is 4.69. The van der Waals surface area contributed by atoms with Gasteiger partial charge in [0.2, 0.25) is 5.91 Å². The number of carbonyl (C=O) groups is 1. The van der Waals surface area contributed by atoms with Crippen molar-refractivity contribution in [3.63, 3.8) is 0 Å². The van der Waals surface area contributed by atoms with Gasteiger partial charge in [0.25, 0.3) is 0 Å². The van der Waals surface area contributed by atoms with Crippen LogP contribution in [0.5, 0.6) is 0 Å². The minimum Gasteiger partial charge on any atom is -0.361 e. The summed E-state index contributed by atoms with van der Waals surface area (Å²) < 4.78 is 5.22. The average Bonchev–Trinajstić information content (AvgIpc) is 3.24. The highest BCUT2D eigenvalue weighted by Crippen LogP contribution is 2.45. The van der Waals surface area contributed by atoms with Crippen molar-refractivity contribution in [1.82, 2.24) is 10.1 Å². The van der Waals surface area contributed by atoms with Gasteiger partial charge >= 0.3 is 0 Å². The van der Waals surface area contributed by atoms with Crippen molar-refractivity contribution >= 4 is 17.2 Å². The number of hydrogen-bond acceptors (Lipinski definition) is 4. The molecule has 0 spiro atoms. The Morgan fingerprint density at radius 1 is 1.38 bits per heavy atom. The molecular formula is C16H18N2O2S. The second-order valence-corrected chi connectivity index (χ2v) is 6.97. The molecule has 4 nitrogen and oxygen atoms in total. The van der Waals surface area contributed by atoms with Crippen molar-refractivity contribution in [2.24, 2.45) is 0 Å². The third kappa shape index (κ3) is 2.02. The molecule has 0 aromatic carbocycles. The Bertz CT molecular complexity index is 641. The topological polar surface area (TPSA) is 46.3 Å². The number of thiophene rings is 1. The molecule has 1 fully saturated rings. The molecule has 0 bridgehead atoms. The number of aromatic nitrogens is 1. The number of hydrogen-bond donors (Lipinski definition) is 0. The van der Waals surface area contributed by atoms with Crippen molar-refractivity contribution in [3.05, 3.63) is 39.9 Å². The number of fused-ring (bicyclic) bond motifs is 1. The second-order valence-electron chi connectivity index (χ2n) is 6.02. The van der Waals surface area contributed by atoms with E-state index in [1.54, 1.807) is 17.5 Å². The van der Waals surface area contributed by atoms with Crippen molar-refractivity contribution in [2.75, 3.05) is 6.54 Å². The molecule has 2 aliphatic rings.